The van der Waals surface area contributed by atoms with E-state index in [1.807, 2.05) is 72.8 Å². The third kappa shape index (κ3) is 5.55. The molecule has 0 radical (unpaired) electrons. The second-order valence-corrected chi connectivity index (χ2v) is 7.18. The van der Waals surface area contributed by atoms with Crippen LogP contribution in [0.2, 0.25) is 5.02 Å². The number of benzene rings is 3. The molecule has 0 aromatic heterocycles. The minimum absolute atomic E-state index is 0.0931. The lowest BCUT2D eigenvalue weighted by atomic mass is 9.90. The molecule has 3 rings (SSSR count). The van der Waals surface area contributed by atoms with Gasteiger partial charge < -0.3 is 0 Å². The van der Waals surface area contributed by atoms with E-state index < -0.39 is 0 Å². The van der Waals surface area contributed by atoms with Gasteiger partial charge in [-0.15, -0.1) is 0 Å². The molecule has 0 aliphatic rings. The molecule has 0 saturated heterocycles. The molecule has 0 saturated carbocycles. The van der Waals surface area contributed by atoms with Crippen LogP contribution in [0.5, 0.6) is 0 Å². The predicted octanol–water partition coefficient (Wildman–Crippen LogP) is 7.12. The lowest BCUT2D eigenvalue weighted by Crippen LogP contribution is -2.09. The molecule has 0 aliphatic carbocycles. The van der Waals surface area contributed by atoms with Crippen molar-refractivity contribution in [2.45, 2.75) is 19.3 Å². The first-order chi connectivity index (χ1) is 13.6. The number of rotatable bonds is 7. The Morgan fingerprint density at radius 3 is 2.29 bits per heavy atom. The van der Waals surface area contributed by atoms with Crippen molar-refractivity contribution in [3.63, 3.8) is 0 Å². The molecular weight excluding hydrogens is 364 g/mol. The largest absolute Gasteiger partial charge is 0.294 e. The van der Waals surface area contributed by atoms with Gasteiger partial charge in [0.25, 0.3) is 0 Å². The van der Waals surface area contributed by atoms with Gasteiger partial charge in [-0.25, -0.2) is 0 Å². The van der Waals surface area contributed by atoms with Crippen LogP contribution in [0.25, 0.3) is 12.2 Å². The van der Waals surface area contributed by atoms with E-state index in [-0.39, 0.29) is 11.7 Å². The van der Waals surface area contributed by atoms with Crippen LogP contribution in [-0.4, -0.2) is 5.78 Å². The van der Waals surface area contributed by atoms with Gasteiger partial charge in [0.2, 0.25) is 0 Å². The van der Waals surface area contributed by atoms with Gasteiger partial charge in [-0.1, -0.05) is 96.6 Å². The Bertz CT molecular complexity index is 969. The third-order valence-electron chi connectivity index (χ3n) is 4.71. The molecule has 0 heterocycles. The number of hydrogen-bond donors (Lipinski definition) is 0. The molecule has 3 aromatic carbocycles. The minimum atomic E-state index is -0.204. The highest BCUT2D eigenvalue weighted by Crippen LogP contribution is 2.23. The van der Waals surface area contributed by atoms with Gasteiger partial charge in [0.05, 0.1) is 5.92 Å². The standard InChI is InChI=1S/C26H23ClO/c1-20-8-5-6-9-22(20)12-7-13-25(23-10-3-2-4-11-23)26(28)19-16-21-14-17-24(27)18-15-21/h2-12,14-19,25H,13H2,1H3. The summed E-state index contributed by atoms with van der Waals surface area (Å²) in [4.78, 5) is 12.9. The average Bonchev–Trinajstić information content (AvgIpc) is 2.72. The minimum Gasteiger partial charge on any atom is -0.294 e. The van der Waals surface area contributed by atoms with Crippen molar-refractivity contribution in [1.82, 2.24) is 0 Å². The number of carbonyl (C=O) groups is 1. The van der Waals surface area contributed by atoms with E-state index in [0.717, 1.165) is 11.1 Å². The monoisotopic (exact) mass is 386 g/mol. The average molecular weight is 387 g/mol. The maximum atomic E-state index is 12.9. The van der Waals surface area contributed by atoms with E-state index >= 15 is 0 Å². The molecule has 0 N–H and O–H groups in total. The first-order valence-electron chi connectivity index (χ1n) is 9.38. The third-order valence-corrected chi connectivity index (χ3v) is 4.97. The summed E-state index contributed by atoms with van der Waals surface area (Å²) >= 11 is 5.93. The molecular formula is C26H23ClO. The zero-order valence-electron chi connectivity index (χ0n) is 15.9. The van der Waals surface area contributed by atoms with E-state index in [9.17, 15) is 4.79 Å². The Kier molecular flexibility index (Phi) is 7.00. The Morgan fingerprint density at radius 1 is 0.893 bits per heavy atom. The maximum Gasteiger partial charge on any atom is 0.163 e. The van der Waals surface area contributed by atoms with Gasteiger partial charge in [0.15, 0.2) is 5.78 Å². The van der Waals surface area contributed by atoms with Crippen molar-refractivity contribution in [2.75, 3.05) is 0 Å². The van der Waals surface area contributed by atoms with Crippen molar-refractivity contribution in [2.24, 2.45) is 0 Å². The van der Waals surface area contributed by atoms with E-state index in [0.29, 0.717) is 11.4 Å². The van der Waals surface area contributed by atoms with Crippen LogP contribution < -0.4 is 0 Å². The first kappa shape index (κ1) is 19.9. The topological polar surface area (TPSA) is 17.1 Å². The van der Waals surface area contributed by atoms with Crippen molar-refractivity contribution in [3.05, 3.63) is 118 Å². The normalized spacial score (nSPS) is 12.5. The Morgan fingerprint density at radius 2 is 1.57 bits per heavy atom. The zero-order chi connectivity index (χ0) is 19.8. The molecule has 0 amide bonds. The van der Waals surface area contributed by atoms with Crippen molar-refractivity contribution in [1.29, 1.82) is 0 Å². The molecule has 0 spiro atoms. The number of hydrogen-bond acceptors (Lipinski definition) is 1. The molecule has 0 bridgehead atoms. The molecule has 3 aromatic rings. The fraction of sp³-hybridized carbons (Fsp3) is 0.115. The van der Waals surface area contributed by atoms with Gasteiger partial charge in [-0.2, -0.15) is 0 Å². The van der Waals surface area contributed by atoms with E-state index in [1.54, 1.807) is 6.08 Å². The number of allylic oxidation sites excluding steroid dienone is 2. The molecule has 28 heavy (non-hydrogen) atoms. The maximum absolute atomic E-state index is 12.9. The second kappa shape index (κ2) is 9.87. The van der Waals surface area contributed by atoms with Crippen LogP contribution in [0.1, 0.15) is 34.6 Å². The second-order valence-electron chi connectivity index (χ2n) is 6.75. The van der Waals surface area contributed by atoms with Crippen LogP contribution in [-0.2, 0) is 4.79 Å². The van der Waals surface area contributed by atoms with Crippen molar-refractivity contribution < 1.29 is 4.79 Å². The molecule has 0 aliphatic heterocycles. The number of halogens is 1. The summed E-state index contributed by atoms with van der Waals surface area (Å²) in [5, 5.41) is 0.687. The van der Waals surface area contributed by atoms with E-state index in [2.05, 4.69) is 31.2 Å². The summed E-state index contributed by atoms with van der Waals surface area (Å²) in [5.74, 6) is -0.111. The van der Waals surface area contributed by atoms with Gasteiger partial charge in [0, 0.05) is 5.02 Å². The highest BCUT2D eigenvalue weighted by Gasteiger charge is 2.16. The Balaban J connectivity index is 1.78. The summed E-state index contributed by atoms with van der Waals surface area (Å²) in [6.45, 7) is 2.09. The molecule has 2 heteroatoms. The summed E-state index contributed by atoms with van der Waals surface area (Å²) < 4.78 is 0. The molecule has 0 fully saturated rings. The number of carbonyl (C=O) groups excluding carboxylic acids is 1. The van der Waals surface area contributed by atoms with Crippen LogP contribution in [0.15, 0.2) is 91.0 Å². The van der Waals surface area contributed by atoms with Gasteiger partial charge >= 0.3 is 0 Å². The highest BCUT2D eigenvalue weighted by molar-refractivity contribution is 6.30. The molecule has 1 atom stereocenters. The SMILES string of the molecule is Cc1ccccc1C=CCC(C(=O)C=Cc1ccc(Cl)cc1)c1ccccc1. The fourth-order valence-corrected chi connectivity index (χ4v) is 3.20. The summed E-state index contributed by atoms with van der Waals surface area (Å²) in [6, 6.07) is 25.7. The smallest absolute Gasteiger partial charge is 0.163 e. The highest BCUT2D eigenvalue weighted by atomic mass is 35.5. The molecule has 1 nitrogen and oxygen atoms in total. The zero-order valence-corrected chi connectivity index (χ0v) is 16.6. The van der Waals surface area contributed by atoms with Crippen LogP contribution in [0.4, 0.5) is 0 Å². The summed E-state index contributed by atoms with van der Waals surface area (Å²) in [5.41, 5.74) is 4.39. The number of aryl methyl sites for hydroxylation is 1. The summed E-state index contributed by atoms with van der Waals surface area (Å²) in [6.07, 6.45) is 8.36. The van der Waals surface area contributed by atoms with Crippen LogP contribution in [0.3, 0.4) is 0 Å². The van der Waals surface area contributed by atoms with Gasteiger partial charge in [-0.05, 0) is 53.8 Å². The lowest BCUT2D eigenvalue weighted by Gasteiger charge is -2.12. The quantitative estimate of drug-likeness (QED) is 0.395. The van der Waals surface area contributed by atoms with Gasteiger partial charge in [-0.3, -0.25) is 4.79 Å². The fourth-order valence-electron chi connectivity index (χ4n) is 3.08. The Hall–Kier alpha value is -2.90. The van der Waals surface area contributed by atoms with Gasteiger partial charge in [0.1, 0.15) is 0 Å². The Labute approximate surface area is 172 Å². The van der Waals surface area contributed by atoms with Crippen molar-refractivity contribution >= 4 is 29.5 Å². The van der Waals surface area contributed by atoms with Crippen LogP contribution >= 0.6 is 11.6 Å². The van der Waals surface area contributed by atoms with E-state index in [4.69, 9.17) is 11.6 Å². The summed E-state index contributed by atoms with van der Waals surface area (Å²) in [7, 11) is 0. The number of ketones is 1. The molecule has 140 valence electrons. The molecule has 1 unspecified atom stereocenters. The van der Waals surface area contributed by atoms with E-state index in [1.165, 1.54) is 11.1 Å². The van der Waals surface area contributed by atoms with Crippen molar-refractivity contribution in [3.8, 4) is 0 Å². The first-order valence-corrected chi connectivity index (χ1v) is 9.76. The lowest BCUT2D eigenvalue weighted by molar-refractivity contribution is -0.115. The van der Waals surface area contributed by atoms with Crippen LogP contribution in [0, 0.1) is 6.92 Å². The predicted molar refractivity (Wildman–Crippen MR) is 120 cm³/mol.